The maximum Gasteiger partial charge on any atom is 0.335 e. The van der Waals surface area contributed by atoms with Crippen LogP contribution in [0.1, 0.15) is 31.1 Å². The minimum Gasteiger partial charge on any atom is -0.478 e. The zero-order valence-electron chi connectivity index (χ0n) is 16.7. The molecule has 0 saturated carbocycles. The number of nitrogens with one attached hydrogen (secondary N) is 2. The molecule has 156 valence electrons. The highest BCUT2D eigenvalue weighted by Gasteiger charge is 2.41. The zero-order valence-corrected chi connectivity index (χ0v) is 16.7. The van der Waals surface area contributed by atoms with Crippen molar-refractivity contribution in [1.29, 1.82) is 0 Å². The Kier molecular flexibility index (Phi) is 5.46. The molecule has 1 aliphatic heterocycles. The number of amides is 3. The Balaban J connectivity index is 1.81. The quantitative estimate of drug-likeness (QED) is 0.694. The monoisotopic (exact) mass is 411 g/mol. The molecule has 9 nitrogen and oxygen atoms in total. The molecule has 3 rings (SSSR count). The van der Waals surface area contributed by atoms with Crippen molar-refractivity contribution in [2.45, 2.75) is 26.4 Å². The number of nitrogens with zero attached hydrogens (tertiary/aromatic N) is 1. The molecule has 2 aromatic carbocycles. The number of anilines is 3. The van der Waals surface area contributed by atoms with E-state index >= 15 is 0 Å². The van der Waals surface area contributed by atoms with Gasteiger partial charge < -0.3 is 20.5 Å². The van der Waals surface area contributed by atoms with Crippen LogP contribution >= 0.6 is 0 Å². The fourth-order valence-corrected chi connectivity index (χ4v) is 3.04. The molecule has 3 amide bonds. The maximum atomic E-state index is 12.9. The first-order valence-electron chi connectivity index (χ1n) is 9.12. The summed E-state index contributed by atoms with van der Waals surface area (Å²) >= 11 is 0. The second-order valence-corrected chi connectivity index (χ2v) is 7.30. The lowest BCUT2D eigenvalue weighted by Gasteiger charge is -2.38. The molecule has 9 heteroatoms. The van der Waals surface area contributed by atoms with Crippen molar-refractivity contribution in [2.75, 3.05) is 22.1 Å². The summed E-state index contributed by atoms with van der Waals surface area (Å²) in [4.78, 5) is 49.1. The zero-order chi connectivity index (χ0) is 22.1. The highest BCUT2D eigenvalue weighted by Crippen LogP contribution is 2.38. The number of carboxylic acid groups (broad SMARTS) is 1. The van der Waals surface area contributed by atoms with Gasteiger partial charge in [-0.15, -0.1) is 0 Å². The largest absolute Gasteiger partial charge is 0.478 e. The Morgan fingerprint density at radius 3 is 2.20 bits per heavy atom. The third-order valence-corrected chi connectivity index (χ3v) is 4.41. The number of carbonyl (C=O) groups excluding carboxylic acids is 3. The average Bonchev–Trinajstić information content (AvgIpc) is 2.66. The van der Waals surface area contributed by atoms with Crippen molar-refractivity contribution in [3.63, 3.8) is 0 Å². The average molecular weight is 411 g/mol. The van der Waals surface area contributed by atoms with E-state index in [1.54, 1.807) is 38.1 Å². The molecule has 30 heavy (non-hydrogen) atoms. The van der Waals surface area contributed by atoms with Crippen LogP contribution in [0.5, 0.6) is 5.75 Å². The third-order valence-electron chi connectivity index (χ3n) is 4.41. The van der Waals surface area contributed by atoms with E-state index in [1.807, 2.05) is 0 Å². The summed E-state index contributed by atoms with van der Waals surface area (Å²) in [6.45, 7) is 4.23. The number of aromatic carboxylic acids is 1. The highest BCUT2D eigenvalue weighted by atomic mass is 16.5. The topological polar surface area (TPSA) is 125 Å². The molecule has 1 heterocycles. The molecular weight excluding hydrogens is 390 g/mol. The van der Waals surface area contributed by atoms with Gasteiger partial charge in [0.15, 0.2) is 5.60 Å². The van der Waals surface area contributed by atoms with Gasteiger partial charge in [0.05, 0.1) is 11.3 Å². The molecule has 0 aromatic heterocycles. The normalized spacial score (nSPS) is 14.4. The second-order valence-electron chi connectivity index (χ2n) is 7.30. The van der Waals surface area contributed by atoms with E-state index in [2.05, 4.69) is 10.6 Å². The SMILES string of the molecule is CC(=O)Nc1ccc(NC(=O)CN2C(=O)C(C)(C)Oc3ccc(C(=O)O)cc32)cc1. The maximum absolute atomic E-state index is 12.9. The molecule has 0 spiro atoms. The summed E-state index contributed by atoms with van der Waals surface area (Å²) in [6, 6.07) is 10.7. The van der Waals surface area contributed by atoms with E-state index in [9.17, 15) is 24.3 Å². The van der Waals surface area contributed by atoms with E-state index < -0.39 is 23.4 Å². The molecule has 2 aromatic rings. The molecule has 0 saturated heterocycles. The van der Waals surface area contributed by atoms with Gasteiger partial charge in [-0.3, -0.25) is 19.3 Å². The summed E-state index contributed by atoms with van der Waals surface area (Å²) in [6.07, 6.45) is 0. The van der Waals surface area contributed by atoms with Crippen molar-refractivity contribution in [3.8, 4) is 5.75 Å². The Morgan fingerprint density at radius 1 is 1.03 bits per heavy atom. The Hall–Kier alpha value is -3.88. The lowest BCUT2D eigenvalue weighted by Crippen LogP contribution is -2.54. The Morgan fingerprint density at radius 2 is 1.63 bits per heavy atom. The third kappa shape index (κ3) is 4.40. The van der Waals surface area contributed by atoms with Crippen LogP contribution in [0.2, 0.25) is 0 Å². The molecule has 0 bridgehead atoms. The molecule has 0 aliphatic carbocycles. The van der Waals surface area contributed by atoms with Crippen molar-refractivity contribution in [2.24, 2.45) is 0 Å². The Bertz CT molecular complexity index is 1030. The fourth-order valence-electron chi connectivity index (χ4n) is 3.04. The van der Waals surface area contributed by atoms with Crippen molar-refractivity contribution >= 4 is 40.8 Å². The van der Waals surface area contributed by atoms with E-state index in [4.69, 9.17) is 4.74 Å². The van der Waals surface area contributed by atoms with Crippen LogP contribution in [0.3, 0.4) is 0 Å². The van der Waals surface area contributed by atoms with E-state index in [0.29, 0.717) is 17.1 Å². The van der Waals surface area contributed by atoms with Gasteiger partial charge in [-0.05, 0) is 56.3 Å². The number of fused-ring (bicyclic) bond motifs is 1. The van der Waals surface area contributed by atoms with Crippen LogP contribution in [0.4, 0.5) is 17.1 Å². The van der Waals surface area contributed by atoms with Gasteiger partial charge in [0, 0.05) is 18.3 Å². The van der Waals surface area contributed by atoms with Crippen LogP contribution in [0.15, 0.2) is 42.5 Å². The molecule has 3 N–H and O–H groups in total. The van der Waals surface area contributed by atoms with Gasteiger partial charge in [0.25, 0.3) is 5.91 Å². The summed E-state index contributed by atoms with van der Waals surface area (Å²) in [5.74, 6) is -1.98. The van der Waals surface area contributed by atoms with Crippen LogP contribution in [-0.2, 0) is 14.4 Å². The van der Waals surface area contributed by atoms with Crippen LogP contribution in [0.25, 0.3) is 0 Å². The van der Waals surface area contributed by atoms with E-state index in [-0.39, 0.29) is 23.7 Å². The second kappa shape index (κ2) is 7.86. The molecule has 0 unspecified atom stereocenters. The summed E-state index contributed by atoms with van der Waals surface area (Å²) in [7, 11) is 0. The van der Waals surface area contributed by atoms with E-state index in [1.165, 1.54) is 30.0 Å². The van der Waals surface area contributed by atoms with Gasteiger partial charge in [0.2, 0.25) is 11.8 Å². The number of benzene rings is 2. The smallest absolute Gasteiger partial charge is 0.335 e. The number of rotatable bonds is 5. The van der Waals surface area contributed by atoms with Crippen LogP contribution in [0, 0.1) is 0 Å². The lowest BCUT2D eigenvalue weighted by atomic mass is 10.0. The Labute approximate surface area is 172 Å². The molecule has 0 atom stereocenters. The van der Waals surface area contributed by atoms with E-state index in [0.717, 1.165) is 0 Å². The van der Waals surface area contributed by atoms with Gasteiger partial charge >= 0.3 is 5.97 Å². The highest BCUT2D eigenvalue weighted by molar-refractivity contribution is 6.08. The van der Waals surface area contributed by atoms with Gasteiger partial charge in [-0.1, -0.05) is 0 Å². The van der Waals surface area contributed by atoms with Crippen molar-refractivity contribution < 1.29 is 29.0 Å². The fraction of sp³-hybridized carbons (Fsp3) is 0.238. The van der Waals surface area contributed by atoms with Gasteiger partial charge in [0.1, 0.15) is 12.3 Å². The predicted molar refractivity (Wildman–Crippen MR) is 110 cm³/mol. The number of hydrogen-bond acceptors (Lipinski definition) is 5. The standard InChI is InChI=1S/C21H21N3O6/c1-12(25)22-14-5-7-15(8-6-14)23-18(26)11-24-16-10-13(19(27)28)4-9-17(16)30-21(2,3)20(24)29/h4-10H,11H2,1-3H3,(H,22,25)(H,23,26)(H,27,28). The first-order chi connectivity index (χ1) is 14.1. The van der Waals surface area contributed by atoms with Gasteiger partial charge in [-0.2, -0.15) is 0 Å². The van der Waals surface area contributed by atoms with Crippen LogP contribution < -0.4 is 20.3 Å². The first-order valence-corrected chi connectivity index (χ1v) is 9.12. The minimum absolute atomic E-state index is 0.0242. The summed E-state index contributed by atoms with van der Waals surface area (Å²) in [5, 5.41) is 14.6. The number of hydrogen-bond donors (Lipinski definition) is 3. The number of ether oxygens (including phenoxy) is 1. The summed E-state index contributed by atoms with van der Waals surface area (Å²) in [5.41, 5.74) is 0.0476. The number of carbonyl (C=O) groups is 4. The summed E-state index contributed by atoms with van der Waals surface area (Å²) < 4.78 is 5.69. The van der Waals surface area contributed by atoms with Crippen LogP contribution in [-0.4, -0.2) is 40.9 Å². The van der Waals surface area contributed by atoms with Crippen molar-refractivity contribution in [1.82, 2.24) is 0 Å². The molecule has 0 fully saturated rings. The van der Waals surface area contributed by atoms with Gasteiger partial charge in [-0.25, -0.2) is 4.79 Å². The predicted octanol–water partition coefficient (Wildman–Crippen LogP) is 2.49. The van der Waals surface area contributed by atoms with Crippen molar-refractivity contribution in [3.05, 3.63) is 48.0 Å². The lowest BCUT2D eigenvalue weighted by molar-refractivity contribution is -0.133. The molecular formula is C21H21N3O6. The first kappa shape index (κ1) is 20.8. The molecule has 1 aliphatic rings. The number of carboxylic acids is 1. The minimum atomic E-state index is -1.21. The molecule has 0 radical (unpaired) electrons.